The number of hydrogen-bond donors (Lipinski definition) is 1. The molecule has 0 saturated heterocycles. The number of amides is 1. The smallest absolute Gasteiger partial charge is 0.250 e. The summed E-state index contributed by atoms with van der Waals surface area (Å²) in [5.41, 5.74) is 4.48. The van der Waals surface area contributed by atoms with Crippen LogP contribution in [0.3, 0.4) is 0 Å². The molecular formula is C24H23N5O2S. The molecule has 7 nitrogen and oxygen atoms in total. The average Bonchev–Trinajstić information content (AvgIpc) is 3.26. The number of rotatable bonds is 8. The van der Waals surface area contributed by atoms with E-state index in [0.29, 0.717) is 11.7 Å². The summed E-state index contributed by atoms with van der Waals surface area (Å²) in [6, 6.07) is 21.7. The van der Waals surface area contributed by atoms with Gasteiger partial charge in [0.05, 0.1) is 19.1 Å². The van der Waals surface area contributed by atoms with E-state index in [0.717, 1.165) is 33.5 Å². The lowest BCUT2D eigenvalue weighted by molar-refractivity contribution is -0.118. The second kappa shape index (κ2) is 10.1. The summed E-state index contributed by atoms with van der Waals surface area (Å²) in [6.07, 6.45) is 1.67. The van der Waals surface area contributed by atoms with Crippen molar-refractivity contribution in [1.82, 2.24) is 20.2 Å². The fourth-order valence-electron chi connectivity index (χ4n) is 3.33. The maximum absolute atomic E-state index is 12.3. The molecule has 32 heavy (non-hydrogen) atoms. The Balaban J connectivity index is 1.38. The van der Waals surface area contributed by atoms with Crippen LogP contribution in [0.4, 0.5) is 0 Å². The molecule has 8 heteroatoms. The van der Waals surface area contributed by atoms with E-state index in [-0.39, 0.29) is 11.7 Å². The van der Waals surface area contributed by atoms with E-state index in [1.807, 2.05) is 78.2 Å². The third-order valence-corrected chi connectivity index (χ3v) is 5.90. The van der Waals surface area contributed by atoms with Gasteiger partial charge in [-0.3, -0.25) is 4.79 Å². The van der Waals surface area contributed by atoms with E-state index in [2.05, 4.69) is 20.7 Å². The Kier molecular flexibility index (Phi) is 6.81. The topological polar surface area (TPSA) is 81.4 Å². The van der Waals surface area contributed by atoms with Gasteiger partial charge < -0.3 is 9.30 Å². The van der Waals surface area contributed by atoms with E-state index in [4.69, 9.17) is 4.74 Å². The fraction of sp³-hybridized carbons (Fsp3) is 0.167. The zero-order valence-corrected chi connectivity index (χ0v) is 18.7. The lowest BCUT2D eigenvalue weighted by Gasteiger charge is -2.07. The van der Waals surface area contributed by atoms with Gasteiger partial charge in [-0.1, -0.05) is 54.2 Å². The van der Waals surface area contributed by atoms with Crippen LogP contribution in [0.25, 0.3) is 22.2 Å². The number of ether oxygens (including phenoxy) is 1. The number of methoxy groups -OCH3 is 1. The van der Waals surface area contributed by atoms with Crippen LogP contribution in [0.15, 0.2) is 77.0 Å². The molecule has 3 aromatic carbocycles. The van der Waals surface area contributed by atoms with Gasteiger partial charge in [-0.25, -0.2) is 5.43 Å². The standard InChI is InChI=1S/C24H23N5O2S/c1-3-29-23(18-11-13-20(31-2)14-12-18)27-28-24(29)32-16-22(30)26-25-15-19-9-6-8-17-7-4-5-10-21(17)19/h4-15H,3,16H2,1-2H3,(H,26,30). The van der Waals surface area contributed by atoms with Crippen LogP contribution >= 0.6 is 11.8 Å². The molecule has 0 bridgehead atoms. The molecule has 0 aliphatic heterocycles. The van der Waals surface area contributed by atoms with Gasteiger partial charge in [0.15, 0.2) is 11.0 Å². The number of nitrogens with one attached hydrogen (secondary N) is 1. The van der Waals surface area contributed by atoms with E-state index in [9.17, 15) is 4.79 Å². The minimum atomic E-state index is -0.205. The van der Waals surface area contributed by atoms with Crippen molar-refractivity contribution < 1.29 is 9.53 Å². The Morgan fingerprint density at radius 3 is 2.66 bits per heavy atom. The highest BCUT2D eigenvalue weighted by Crippen LogP contribution is 2.25. The van der Waals surface area contributed by atoms with Gasteiger partial charge in [-0.05, 0) is 42.0 Å². The molecule has 162 valence electrons. The van der Waals surface area contributed by atoms with Gasteiger partial charge in [0, 0.05) is 17.7 Å². The zero-order valence-electron chi connectivity index (χ0n) is 17.9. The molecule has 0 aliphatic carbocycles. The summed E-state index contributed by atoms with van der Waals surface area (Å²) in [6.45, 7) is 2.71. The number of nitrogens with zero attached hydrogens (tertiary/aromatic N) is 4. The van der Waals surface area contributed by atoms with Gasteiger partial charge in [-0.15, -0.1) is 10.2 Å². The average molecular weight is 446 g/mol. The van der Waals surface area contributed by atoms with E-state index in [1.54, 1.807) is 13.3 Å². The summed E-state index contributed by atoms with van der Waals surface area (Å²) in [4.78, 5) is 12.3. The SMILES string of the molecule is CCn1c(SCC(=O)NN=Cc2cccc3ccccc23)nnc1-c1ccc(OC)cc1. The third kappa shape index (κ3) is 4.81. The molecule has 0 saturated carbocycles. The monoisotopic (exact) mass is 445 g/mol. The zero-order chi connectivity index (χ0) is 22.3. The summed E-state index contributed by atoms with van der Waals surface area (Å²) < 4.78 is 7.20. The third-order valence-electron chi connectivity index (χ3n) is 4.93. The first-order valence-electron chi connectivity index (χ1n) is 10.2. The number of fused-ring (bicyclic) bond motifs is 1. The predicted octanol–water partition coefficient (Wildman–Crippen LogP) is 4.37. The molecule has 0 atom stereocenters. The van der Waals surface area contributed by atoms with Crippen molar-refractivity contribution in [2.75, 3.05) is 12.9 Å². The Bertz CT molecular complexity index is 1250. The van der Waals surface area contributed by atoms with E-state index in [1.165, 1.54) is 11.8 Å². The van der Waals surface area contributed by atoms with Gasteiger partial charge in [0.1, 0.15) is 5.75 Å². The van der Waals surface area contributed by atoms with Crippen LogP contribution in [0, 0.1) is 0 Å². The van der Waals surface area contributed by atoms with Crippen LogP contribution in [0.2, 0.25) is 0 Å². The van der Waals surface area contributed by atoms with Crippen LogP contribution in [0.1, 0.15) is 12.5 Å². The van der Waals surface area contributed by atoms with Crippen molar-refractivity contribution in [2.24, 2.45) is 5.10 Å². The number of hydrazone groups is 1. The molecule has 4 aromatic rings. The Morgan fingerprint density at radius 1 is 1.09 bits per heavy atom. The van der Waals surface area contributed by atoms with E-state index >= 15 is 0 Å². The minimum Gasteiger partial charge on any atom is -0.497 e. The molecule has 0 radical (unpaired) electrons. The Labute approximate surface area is 190 Å². The van der Waals surface area contributed by atoms with E-state index < -0.39 is 0 Å². The first-order valence-corrected chi connectivity index (χ1v) is 11.2. The summed E-state index contributed by atoms with van der Waals surface area (Å²) in [5, 5.41) is 15.6. The van der Waals surface area contributed by atoms with Crippen molar-refractivity contribution in [2.45, 2.75) is 18.6 Å². The molecule has 1 N–H and O–H groups in total. The van der Waals surface area contributed by atoms with Crippen molar-refractivity contribution in [3.05, 3.63) is 72.3 Å². The minimum absolute atomic E-state index is 0.188. The number of aromatic nitrogens is 3. The molecule has 1 aromatic heterocycles. The molecule has 1 heterocycles. The van der Waals surface area contributed by atoms with Crippen molar-refractivity contribution >= 4 is 34.7 Å². The molecular weight excluding hydrogens is 422 g/mol. The van der Waals surface area contributed by atoms with Crippen LogP contribution in [-0.4, -0.2) is 39.7 Å². The van der Waals surface area contributed by atoms with Crippen LogP contribution in [-0.2, 0) is 11.3 Å². The normalized spacial score (nSPS) is 11.2. The Morgan fingerprint density at radius 2 is 1.88 bits per heavy atom. The van der Waals surface area contributed by atoms with Gasteiger partial charge >= 0.3 is 0 Å². The van der Waals surface area contributed by atoms with Crippen molar-refractivity contribution in [3.63, 3.8) is 0 Å². The molecule has 0 unspecified atom stereocenters. The summed E-state index contributed by atoms with van der Waals surface area (Å²) in [5.74, 6) is 1.52. The first-order chi connectivity index (χ1) is 15.7. The summed E-state index contributed by atoms with van der Waals surface area (Å²) in [7, 11) is 1.63. The fourth-order valence-corrected chi connectivity index (χ4v) is 4.13. The van der Waals surface area contributed by atoms with Gasteiger partial charge in [0.2, 0.25) is 0 Å². The highest BCUT2D eigenvalue weighted by Gasteiger charge is 2.14. The maximum atomic E-state index is 12.3. The predicted molar refractivity (Wildman–Crippen MR) is 128 cm³/mol. The first kappa shape index (κ1) is 21.6. The molecule has 4 rings (SSSR count). The number of carbonyl (C=O) groups excluding carboxylic acids is 1. The maximum Gasteiger partial charge on any atom is 0.250 e. The molecule has 0 fully saturated rings. The van der Waals surface area contributed by atoms with Gasteiger partial charge in [0.25, 0.3) is 5.91 Å². The Hall–Kier alpha value is -3.65. The number of carbonyl (C=O) groups is 1. The lowest BCUT2D eigenvalue weighted by Crippen LogP contribution is -2.20. The van der Waals surface area contributed by atoms with Crippen molar-refractivity contribution in [1.29, 1.82) is 0 Å². The van der Waals surface area contributed by atoms with Crippen molar-refractivity contribution in [3.8, 4) is 17.1 Å². The van der Waals surface area contributed by atoms with Crippen LogP contribution in [0.5, 0.6) is 5.75 Å². The highest BCUT2D eigenvalue weighted by molar-refractivity contribution is 7.99. The quantitative estimate of drug-likeness (QED) is 0.247. The number of benzene rings is 3. The number of thioether (sulfide) groups is 1. The second-order valence-electron chi connectivity index (χ2n) is 6.93. The molecule has 0 aliphatic rings. The van der Waals surface area contributed by atoms with Crippen LogP contribution < -0.4 is 10.2 Å². The number of hydrogen-bond acceptors (Lipinski definition) is 6. The second-order valence-corrected chi connectivity index (χ2v) is 7.87. The molecule has 1 amide bonds. The van der Waals surface area contributed by atoms with Gasteiger partial charge in [-0.2, -0.15) is 5.10 Å². The summed E-state index contributed by atoms with van der Waals surface area (Å²) >= 11 is 1.33. The molecule has 0 spiro atoms. The highest BCUT2D eigenvalue weighted by atomic mass is 32.2. The lowest BCUT2D eigenvalue weighted by atomic mass is 10.1. The largest absolute Gasteiger partial charge is 0.497 e.